The zero-order chi connectivity index (χ0) is 16.9. The van der Waals surface area contributed by atoms with E-state index in [1.165, 1.54) is 0 Å². The first-order chi connectivity index (χ1) is 11.8. The summed E-state index contributed by atoms with van der Waals surface area (Å²) in [5.74, 6) is 1.36. The second-order valence-corrected chi connectivity index (χ2v) is 6.03. The van der Waals surface area contributed by atoms with E-state index in [1.807, 2.05) is 31.2 Å². The molecule has 0 aliphatic carbocycles. The number of pyridine rings is 1. The molecule has 120 valence electrons. The summed E-state index contributed by atoms with van der Waals surface area (Å²) in [6.07, 6.45) is 2.39. The van der Waals surface area contributed by atoms with Crippen molar-refractivity contribution in [3.8, 4) is 17.2 Å². The molecule has 3 N–H and O–H groups in total. The molecule has 0 aliphatic heterocycles. The van der Waals surface area contributed by atoms with Gasteiger partial charge in [0.15, 0.2) is 0 Å². The first-order valence-corrected chi connectivity index (χ1v) is 8.36. The number of fused-ring (bicyclic) bond motifs is 1. The zero-order valence-electron chi connectivity index (χ0n) is 13.0. The van der Waals surface area contributed by atoms with Gasteiger partial charge in [0.05, 0.1) is 11.3 Å². The second-order valence-electron chi connectivity index (χ2n) is 4.96. The molecule has 0 aliphatic rings. The quantitative estimate of drug-likeness (QED) is 0.470. The van der Waals surface area contributed by atoms with Crippen LogP contribution in [0.4, 0.5) is 11.5 Å². The van der Waals surface area contributed by atoms with Crippen molar-refractivity contribution in [2.45, 2.75) is 6.92 Å². The minimum absolute atomic E-state index is 0.456. The topological polar surface area (TPSA) is 93.6 Å². The number of rotatable bonds is 6. The molecule has 7 heteroatoms. The van der Waals surface area contributed by atoms with Crippen LogP contribution in [0.15, 0.2) is 36.5 Å². The van der Waals surface area contributed by atoms with Gasteiger partial charge in [0, 0.05) is 17.3 Å². The molecule has 0 radical (unpaired) electrons. The van der Waals surface area contributed by atoms with Crippen LogP contribution in [0.25, 0.3) is 22.2 Å². The molecule has 0 spiro atoms. The Morgan fingerprint density at radius 2 is 2.25 bits per heavy atom. The molecule has 24 heavy (non-hydrogen) atoms. The largest absolute Gasteiger partial charge is 0.346 e. The van der Waals surface area contributed by atoms with Gasteiger partial charge in [-0.2, -0.15) is 5.26 Å². The minimum Gasteiger partial charge on any atom is -0.346 e. The Labute approximate surface area is 143 Å². The lowest BCUT2D eigenvalue weighted by Gasteiger charge is -2.10. The van der Waals surface area contributed by atoms with Crippen LogP contribution in [0.3, 0.4) is 0 Å². The van der Waals surface area contributed by atoms with E-state index in [4.69, 9.17) is 0 Å². The van der Waals surface area contributed by atoms with E-state index in [0.29, 0.717) is 23.4 Å². The number of anilines is 2. The summed E-state index contributed by atoms with van der Waals surface area (Å²) in [4.78, 5) is 18.1. The molecule has 1 aromatic carbocycles. The fourth-order valence-electron chi connectivity index (χ4n) is 2.45. The van der Waals surface area contributed by atoms with Crippen LogP contribution in [0.1, 0.15) is 12.5 Å². The predicted octanol–water partition coefficient (Wildman–Crippen LogP) is 3.75. The van der Waals surface area contributed by atoms with E-state index in [2.05, 4.69) is 26.1 Å². The van der Waals surface area contributed by atoms with E-state index in [-0.39, 0.29) is 0 Å². The lowest BCUT2D eigenvalue weighted by atomic mass is 10.0. The van der Waals surface area contributed by atoms with E-state index < -0.39 is 0 Å². The molecular formula is C17H15N5OS. The van der Waals surface area contributed by atoms with Crippen molar-refractivity contribution in [2.24, 2.45) is 0 Å². The molecule has 0 unspecified atom stereocenters. The molecular weight excluding hydrogens is 322 g/mol. The number of hydrogen-bond donors (Lipinski definition) is 3. The van der Waals surface area contributed by atoms with Crippen LogP contribution >= 0.6 is 11.9 Å². The first kappa shape index (κ1) is 15.9. The number of nitrogens with one attached hydrogen (secondary N) is 3. The van der Waals surface area contributed by atoms with Gasteiger partial charge in [-0.3, -0.25) is 4.79 Å². The fourth-order valence-corrected chi connectivity index (χ4v) is 2.93. The fraction of sp³-hybridized carbons (Fsp3) is 0.118. The Balaban J connectivity index is 2.11. The number of H-pyrrole nitrogens is 1. The summed E-state index contributed by atoms with van der Waals surface area (Å²) in [6.45, 7) is 2.04. The maximum atomic E-state index is 10.7. The maximum absolute atomic E-state index is 10.7. The summed E-state index contributed by atoms with van der Waals surface area (Å²) in [5, 5.41) is 12.9. The van der Waals surface area contributed by atoms with Crippen LogP contribution in [0, 0.1) is 11.3 Å². The van der Waals surface area contributed by atoms with Gasteiger partial charge >= 0.3 is 0 Å². The smallest absolute Gasteiger partial charge is 0.212 e. The Kier molecular flexibility index (Phi) is 4.68. The summed E-state index contributed by atoms with van der Waals surface area (Å²) in [6, 6.07) is 11.6. The average Bonchev–Trinajstić information content (AvgIpc) is 3.08. The highest BCUT2D eigenvalue weighted by Gasteiger charge is 2.11. The number of carbonyl (C=O) groups excluding carboxylic acids is 1. The number of hydrogen-bond acceptors (Lipinski definition) is 5. The van der Waals surface area contributed by atoms with Gasteiger partial charge in [0.1, 0.15) is 17.5 Å². The van der Waals surface area contributed by atoms with Crippen molar-refractivity contribution in [1.82, 2.24) is 9.97 Å². The number of amides is 1. The average molecular weight is 337 g/mol. The van der Waals surface area contributed by atoms with Crippen LogP contribution in [0.5, 0.6) is 0 Å². The van der Waals surface area contributed by atoms with E-state index >= 15 is 0 Å². The highest BCUT2D eigenvalue weighted by molar-refractivity contribution is 8.00. The summed E-state index contributed by atoms with van der Waals surface area (Å²) in [7, 11) is 0. The first-order valence-electron chi connectivity index (χ1n) is 7.37. The van der Waals surface area contributed by atoms with Crippen molar-refractivity contribution in [2.75, 3.05) is 15.8 Å². The highest BCUT2D eigenvalue weighted by atomic mass is 32.2. The van der Waals surface area contributed by atoms with Gasteiger partial charge < -0.3 is 15.0 Å². The molecule has 0 bridgehead atoms. The Bertz CT molecular complexity index is 928. The van der Waals surface area contributed by atoms with Crippen LogP contribution in [-0.4, -0.2) is 22.1 Å². The SMILES string of the molecule is CCSNc1ccc(-c2cc(NC=O)nc3[nH]ccc23)cc1C#N. The number of nitrogens with zero attached hydrogens (tertiary/aromatic N) is 2. The molecule has 1 amide bonds. The molecule has 2 heterocycles. The normalized spacial score (nSPS) is 10.3. The molecule has 3 rings (SSSR count). The Morgan fingerprint density at radius 1 is 1.38 bits per heavy atom. The van der Waals surface area contributed by atoms with E-state index in [0.717, 1.165) is 28.0 Å². The van der Waals surface area contributed by atoms with Crippen LogP contribution in [0.2, 0.25) is 0 Å². The number of aromatic nitrogens is 2. The van der Waals surface area contributed by atoms with Crippen molar-refractivity contribution >= 4 is 40.9 Å². The maximum Gasteiger partial charge on any atom is 0.212 e. The van der Waals surface area contributed by atoms with Gasteiger partial charge in [-0.05, 0) is 35.4 Å². The number of carbonyl (C=O) groups is 1. The molecule has 3 aromatic rings. The Morgan fingerprint density at radius 3 is 3.00 bits per heavy atom. The lowest BCUT2D eigenvalue weighted by Crippen LogP contribution is -1.98. The van der Waals surface area contributed by atoms with Crippen molar-refractivity contribution < 1.29 is 4.79 Å². The van der Waals surface area contributed by atoms with Crippen LogP contribution < -0.4 is 10.0 Å². The zero-order valence-corrected chi connectivity index (χ0v) is 13.8. The van der Waals surface area contributed by atoms with Crippen molar-refractivity contribution in [1.29, 1.82) is 5.26 Å². The number of benzene rings is 1. The molecule has 2 aromatic heterocycles. The molecule has 6 nitrogen and oxygen atoms in total. The van der Waals surface area contributed by atoms with E-state index in [9.17, 15) is 10.1 Å². The van der Waals surface area contributed by atoms with Gasteiger partial charge in [-0.1, -0.05) is 24.9 Å². The third kappa shape index (κ3) is 3.05. The third-order valence-electron chi connectivity index (χ3n) is 3.51. The van der Waals surface area contributed by atoms with Crippen molar-refractivity contribution in [3.63, 3.8) is 0 Å². The number of aromatic amines is 1. The predicted molar refractivity (Wildman–Crippen MR) is 97.7 cm³/mol. The summed E-state index contributed by atoms with van der Waals surface area (Å²) in [5.41, 5.74) is 3.83. The monoisotopic (exact) mass is 337 g/mol. The molecule has 0 saturated heterocycles. The van der Waals surface area contributed by atoms with Gasteiger partial charge in [0.2, 0.25) is 6.41 Å². The minimum atomic E-state index is 0.456. The lowest BCUT2D eigenvalue weighted by molar-refractivity contribution is -0.105. The second kappa shape index (κ2) is 7.06. The van der Waals surface area contributed by atoms with Gasteiger partial charge in [0.25, 0.3) is 0 Å². The van der Waals surface area contributed by atoms with Crippen LogP contribution in [-0.2, 0) is 4.79 Å². The summed E-state index contributed by atoms with van der Waals surface area (Å²) < 4.78 is 3.17. The standard InChI is InChI=1S/C17H15N5OS/c1-2-24-22-15-4-3-11(7-12(15)9-18)14-8-16(20-10-23)21-17-13(14)5-6-19-17/h3-8,10,22H,2H2,1H3,(H2,19,20,21,23). The number of nitriles is 1. The van der Waals surface area contributed by atoms with Crippen molar-refractivity contribution in [3.05, 3.63) is 42.1 Å². The van der Waals surface area contributed by atoms with E-state index in [1.54, 1.807) is 24.2 Å². The molecule has 0 saturated carbocycles. The van der Waals surface area contributed by atoms with Gasteiger partial charge in [-0.15, -0.1) is 0 Å². The molecule has 0 fully saturated rings. The third-order valence-corrected chi connectivity index (χ3v) is 4.17. The molecule has 0 atom stereocenters. The summed E-state index contributed by atoms with van der Waals surface area (Å²) >= 11 is 1.54. The Hall–Kier alpha value is -2.98. The highest BCUT2D eigenvalue weighted by Crippen LogP contribution is 2.32. The van der Waals surface area contributed by atoms with Gasteiger partial charge in [-0.25, -0.2) is 4.98 Å².